The maximum atomic E-state index is 13.2. The average Bonchev–Trinajstić information content (AvgIpc) is 3.23. The summed E-state index contributed by atoms with van der Waals surface area (Å²) in [4.78, 5) is 26.3. The Morgan fingerprint density at radius 1 is 1.26 bits per heavy atom. The third-order valence-corrected chi connectivity index (χ3v) is 5.51. The van der Waals surface area contributed by atoms with Gasteiger partial charge in [0, 0.05) is 47.9 Å². The molecule has 1 aliphatic heterocycles. The molecule has 0 radical (unpaired) electrons. The van der Waals surface area contributed by atoms with Crippen molar-refractivity contribution in [3.63, 3.8) is 0 Å². The number of aliphatic imine (C=N–C) groups is 2. The van der Waals surface area contributed by atoms with Gasteiger partial charge in [0.1, 0.15) is 11.6 Å². The molecule has 0 bridgehead atoms. The zero-order valence-corrected chi connectivity index (χ0v) is 19.4. The van der Waals surface area contributed by atoms with Crippen molar-refractivity contribution in [2.45, 2.75) is 13.0 Å². The molecule has 34 heavy (non-hydrogen) atoms. The van der Waals surface area contributed by atoms with E-state index >= 15 is 0 Å². The number of amides is 1. The first-order valence-corrected chi connectivity index (χ1v) is 10.9. The van der Waals surface area contributed by atoms with Crippen LogP contribution in [0.4, 0.5) is 6.01 Å². The summed E-state index contributed by atoms with van der Waals surface area (Å²) in [6.45, 7) is 2.02. The molecule has 10 heteroatoms. The molecular weight excluding hydrogens is 454 g/mol. The molecule has 0 saturated heterocycles. The zero-order valence-electron chi connectivity index (χ0n) is 18.7. The predicted octanol–water partition coefficient (Wildman–Crippen LogP) is 3.53. The number of nitrogens with zero attached hydrogens (tertiary/aromatic N) is 3. The first-order chi connectivity index (χ1) is 16.5. The first kappa shape index (κ1) is 23.1. The van der Waals surface area contributed by atoms with Crippen molar-refractivity contribution in [2.24, 2.45) is 15.7 Å². The van der Waals surface area contributed by atoms with Gasteiger partial charge < -0.3 is 20.8 Å². The minimum Gasteiger partial charge on any atom is -0.423 e. The Morgan fingerprint density at radius 3 is 2.76 bits per heavy atom. The normalized spacial score (nSPS) is 16.5. The minimum absolute atomic E-state index is 0.219. The van der Waals surface area contributed by atoms with Gasteiger partial charge in [-0.15, -0.1) is 0 Å². The summed E-state index contributed by atoms with van der Waals surface area (Å²) in [5.41, 5.74) is 9.39. The summed E-state index contributed by atoms with van der Waals surface area (Å²) in [5, 5.41) is 9.58. The lowest BCUT2D eigenvalue weighted by Crippen LogP contribution is -2.39. The van der Waals surface area contributed by atoms with Crippen LogP contribution >= 0.6 is 11.6 Å². The number of hydrogen-bond donors (Lipinski definition) is 4. The number of carbonyl (C=O) groups excluding carboxylic acids is 1. The van der Waals surface area contributed by atoms with Crippen LogP contribution in [0.1, 0.15) is 18.5 Å². The molecule has 0 aliphatic carbocycles. The minimum atomic E-state index is -0.660. The van der Waals surface area contributed by atoms with E-state index in [0.29, 0.717) is 39.0 Å². The SMILES string of the molecule is CN=C/C(=C\N)CNC(=O)C1=C(C)NC(Nc2nc3ccccc3o2)=NC1c1ccccc1Cl. The van der Waals surface area contributed by atoms with Crippen molar-refractivity contribution >= 4 is 46.8 Å². The Balaban J connectivity index is 1.65. The highest BCUT2D eigenvalue weighted by molar-refractivity contribution is 6.31. The summed E-state index contributed by atoms with van der Waals surface area (Å²) >= 11 is 6.49. The topological polar surface area (TPSA) is 130 Å². The Morgan fingerprint density at radius 2 is 2.03 bits per heavy atom. The van der Waals surface area contributed by atoms with Crippen molar-refractivity contribution in [1.82, 2.24) is 15.6 Å². The molecule has 0 fully saturated rings. The fourth-order valence-electron chi connectivity index (χ4n) is 3.57. The number of halogens is 1. The number of oxazole rings is 1. The van der Waals surface area contributed by atoms with Gasteiger partial charge in [0.05, 0.1) is 5.57 Å². The van der Waals surface area contributed by atoms with Crippen LogP contribution in [0.3, 0.4) is 0 Å². The number of guanidine groups is 1. The van der Waals surface area contributed by atoms with E-state index in [0.717, 1.165) is 5.52 Å². The van der Waals surface area contributed by atoms with Crippen molar-refractivity contribution in [3.05, 3.63) is 82.2 Å². The molecule has 3 aromatic rings. The van der Waals surface area contributed by atoms with Crippen LogP contribution in [-0.2, 0) is 4.79 Å². The number of rotatable bonds is 6. The number of nitrogens with one attached hydrogen (secondary N) is 3. The lowest BCUT2D eigenvalue weighted by Gasteiger charge is -2.27. The number of benzene rings is 2. The van der Waals surface area contributed by atoms with Crippen LogP contribution in [0.25, 0.3) is 11.1 Å². The zero-order chi connectivity index (χ0) is 24.1. The van der Waals surface area contributed by atoms with Crippen molar-refractivity contribution in [3.8, 4) is 0 Å². The molecule has 9 nitrogen and oxygen atoms in total. The summed E-state index contributed by atoms with van der Waals surface area (Å²) in [5.74, 6) is 0.0784. The number of nitrogens with two attached hydrogens (primary N) is 1. The van der Waals surface area contributed by atoms with Crippen LogP contribution in [0, 0.1) is 0 Å². The molecule has 0 spiro atoms. The van der Waals surface area contributed by atoms with E-state index in [9.17, 15) is 4.79 Å². The van der Waals surface area contributed by atoms with E-state index in [1.54, 1.807) is 26.3 Å². The maximum absolute atomic E-state index is 13.2. The van der Waals surface area contributed by atoms with E-state index in [2.05, 4.69) is 25.9 Å². The number of aromatic nitrogens is 1. The maximum Gasteiger partial charge on any atom is 0.302 e. The summed E-state index contributed by atoms with van der Waals surface area (Å²) < 4.78 is 5.75. The number of allylic oxidation sites excluding steroid dienone is 1. The fourth-order valence-corrected chi connectivity index (χ4v) is 3.81. The lowest BCUT2D eigenvalue weighted by atomic mass is 9.95. The smallest absolute Gasteiger partial charge is 0.302 e. The molecule has 1 aliphatic rings. The Bertz CT molecular complexity index is 1310. The Kier molecular flexibility index (Phi) is 6.93. The average molecular weight is 478 g/mol. The van der Waals surface area contributed by atoms with Gasteiger partial charge in [-0.25, -0.2) is 4.99 Å². The molecule has 2 heterocycles. The summed E-state index contributed by atoms with van der Waals surface area (Å²) in [7, 11) is 1.64. The van der Waals surface area contributed by atoms with E-state index in [1.807, 2.05) is 42.5 Å². The lowest BCUT2D eigenvalue weighted by molar-refractivity contribution is -0.117. The van der Waals surface area contributed by atoms with Gasteiger partial charge in [0.15, 0.2) is 5.58 Å². The van der Waals surface area contributed by atoms with Crippen molar-refractivity contribution in [1.29, 1.82) is 0 Å². The van der Waals surface area contributed by atoms with E-state index in [1.165, 1.54) is 6.20 Å². The van der Waals surface area contributed by atoms with Crippen LogP contribution in [0.15, 0.2) is 86.0 Å². The van der Waals surface area contributed by atoms with Crippen LogP contribution in [0.5, 0.6) is 0 Å². The monoisotopic (exact) mass is 477 g/mol. The molecule has 174 valence electrons. The van der Waals surface area contributed by atoms with Gasteiger partial charge in [0.2, 0.25) is 5.96 Å². The summed E-state index contributed by atoms with van der Waals surface area (Å²) in [6.07, 6.45) is 2.99. The Hall–Kier alpha value is -4.11. The van der Waals surface area contributed by atoms with Crippen LogP contribution in [-0.4, -0.2) is 36.7 Å². The molecule has 0 saturated carbocycles. The predicted molar refractivity (Wildman–Crippen MR) is 135 cm³/mol. The number of anilines is 1. The quantitative estimate of drug-likeness (QED) is 0.402. The Labute approximate surface area is 201 Å². The van der Waals surface area contributed by atoms with Gasteiger partial charge in [0.25, 0.3) is 5.91 Å². The highest BCUT2D eigenvalue weighted by Crippen LogP contribution is 2.35. The number of fused-ring (bicyclic) bond motifs is 1. The van der Waals surface area contributed by atoms with Crippen LogP contribution < -0.4 is 21.7 Å². The van der Waals surface area contributed by atoms with Gasteiger partial charge in [-0.05, 0) is 25.1 Å². The molecular formula is C24H24ClN7O2. The van der Waals surface area contributed by atoms with Crippen molar-refractivity contribution < 1.29 is 9.21 Å². The highest BCUT2D eigenvalue weighted by Gasteiger charge is 2.31. The second-order valence-electron chi connectivity index (χ2n) is 7.49. The molecule has 5 N–H and O–H groups in total. The largest absolute Gasteiger partial charge is 0.423 e. The van der Waals surface area contributed by atoms with Gasteiger partial charge in [-0.3, -0.25) is 15.1 Å². The van der Waals surface area contributed by atoms with Crippen LogP contribution in [0.2, 0.25) is 5.02 Å². The van der Waals surface area contributed by atoms with Gasteiger partial charge in [-0.2, -0.15) is 4.98 Å². The number of hydrogen-bond acceptors (Lipinski definition) is 8. The van der Waals surface area contributed by atoms with E-state index in [4.69, 9.17) is 26.7 Å². The third-order valence-electron chi connectivity index (χ3n) is 5.17. The van der Waals surface area contributed by atoms with Gasteiger partial charge >= 0.3 is 6.01 Å². The summed E-state index contributed by atoms with van der Waals surface area (Å²) in [6, 6.07) is 14.3. The molecule has 1 amide bonds. The third kappa shape index (κ3) is 4.94. The molecule has 1 atom stereocenters. The first-order valence-electron chi connectivity index (χ1n) is 10.5. The fraction of sp³-hybridized carbons (Fsp3) is 0.167. The number of para-hydroxylation sites is 2. The van der Waals surface area contributed by atoms with Crippen molar-refractivity contribution in [2.75, 3.05) is 18.9 Å². The van der Waals surface area contributed by atoms with E-state index < -0.39 is 6.04 Å². The number of carbonyl (C=O) groups is 1. The highest BCUT2D eigenvalue weighted by atomic mass is 35.5. The standard InChI is InChI=1S/C24H24ClN7O2/c1-14-20(22(33)28-13-15(11-26)12-27-2)21(16-7-3-4-8-17(16)25)31-23(29-14)32-24-30-18-9-5-6-10-19(18)34-24/h3-12,21H,13,26H2,1-2H3,(H,28,33)(H2,29,30,31,32)/b15-11+,27-12?. The molecule has 2 aromatic carbocycles. The second-order valence-corrected chi connectivity index (χ2v) is 7.90. The van der Waals surface area contributed by atoms with E-state index in [-0.39, 0.29) is 18.5 Å². The second kappa shape index (κ2) is 10.2. The molecule has 1 unspecified atom stereocenters. The van der Waals surface area contributed by atoms with Gasteiger partial charge in [-0.1, -0.05) is 41.9 Å². The molecule has 4 rings (SSSR count). The molecule has 1 aromatic heterocycles.